The van der Waals surface area contributed by atoms with E-state index in [9.17, 15) is 8.42 Å². The number of nitrogens with zero attached hydrogens (tertiary/aromatic N) is 1. The molecular weight excluding hydrogens is 260 g/mol. The highest BCUT2D eigenvalue weighted by Gasteiger charge is 2.28. The Hall–Kier alpha value is -0.130. The highest BCUT2D eigenvalue weighted by Crippen LogP contribution is 2.20. The summed E-state index contributed by atoms with van der Waals surface area (Å²) in [4.78, 5) is 2.32. The van der Waals surface area contributed by atoms with E-state index in [1.807, 2.05) is 0 Å². The van der Waals surface area contributed by atoms with Gasteiger partial charge in [0, 0.05) is 19.1 Å². The lowest BCUT2D eigenvalue weighted by molar-refractivity contribution is 0.142. The van der Waals surface area contributed by atoms with Gasteiger partial charge in [0.2, 0.25) is 0 Å². The number of piperidine rings is 1. The van der Waals surface area contributed by atoms with Gasteiger partial charge in [0.25, 0.3) is 0 Å². The fourth-order valence-electron chi connectivity index (χ4n) is 2.75. The van der Waals surface area contributed by atoms with Gasteiger partial charge in [-0.15, -0.1) is 0 Å². The standard InChI is InChI=1S/C14H30N2O2S/c1-5-13-11-16(8-7-14(13)15-6-2)9-10-19(17,18)12(3)4/h12-15H,5-11H2,1-4H3. The van der Waals surface area contributed by atoms with Crippen molar-refractivity contribution in [1.82, 2.24) is 10.2 Å². The average Bonchev–Trinajstić information content (AvgIpc) is 2.37. The number of rotatable bonds is 7. The quantitative estimate of drug-likeness (QED) is 0.772. The molecule has 0 radical (unpaired) electrons. The van der Waals surface area contributed by atoms with Crippen LogP contribution >= 0.6 is 0 Å². The summed E-state index contributed by atoms with van der Waals surface area (Å²) < 4.78 is 23.7. The van der Waals surface area contributed by atoms with Crippen molar-refractivity contribution in [2.45, 2.75) is 51.8 Å². The van der Waals surface area contributed by atoms with Crippen molar-refractivity contribution in [3.8, 4) is 0 Å². The number of hydrogen-bond acceptors (Lipinski definition) is 4. The molecule has 1 aliphatic heterocycles. The van der Waals surface area contributed by atoms with Crippen LogP contribution in [0.3, 0.4) is 0 Å². The molecule has 5 heteroatoms. The minimum atomic E-state index is -2.90. The van der Waals surface area contributed by atoms with Crippen molar-refractivity contribution in [2.24, 2.45) is 5.92 Å². The van der Waals surface area contributed by atoms with E-state index in [1.165, 1.54) is 0 Å². The van der Waals surface area contributed by atoms with E-state index in [2.05, 4.69) is 24.1 Å². The Labute approximate surface area is 118 Å². The van der Waals surface area contributed by atoms with Gasteiger partial charge in [-0.3, -0.25) is 0 Å². The Balaban J connectivity index is 2.46. The van der Waals surface area contributed by atoms with Crippen LogP contribution in [-0.2, 0) is 9.84 Å². The van der Waals surface area contributed by atoms with Gasteiger partial charge in [0.1, 0.15) is 0 Å². The Morgan fingerprint density at radius 2 is 2.00 bits per heavy atom. The Morgan fingerprint density at radius 1 is 1.32 bits per heavy atom. The van der Waals surface area contributed by atoms with Crippen molar-refractivity contribution in [1.29, 1.82) is 0 Å². The topological polar surface area (TPSA) is 49.4 Å². The van der Waals surface area contributed by atoms with Crippen LogP contribution in [0.1, 0.15) is 40.5 Å². The van der Waals surface area contributed by atoms with Crippen molar-refractivity contribution in [3.63, 3.8) is 0 Å². The summed E-state index contributed by atoms with van der Waals surface area (Å²) in [5, 5.41) is 3.30. The molecule has 2 atom stereocenters. The number of likely N-dealkylation sites (tertiary alicyclic amines) is 1. The molecule has 0 bridgehead atoms. The summed E-state index contributed by atoms with van der Waals surface area (Å²) in [5.74, 6) is 0.947. The highest BCUT2D eigenvalue weighted by molar-refractivity contribution is 7.92. The number of sulfone groups is 1. The molecular formula is C14H30N2O2S. The van der Waals surface area contributed by atoms with E-state index in [0.29, 0.717) is 24.3 Å². The lowest BCUT2D eigenvalue weighted by Gasteiger charge is -2.38. The third-order valence-corrected chi connectivity index (χ3v) is 6.41. The fraction of sp³-hybridized carbons (Fsp3) is 1.00. The largest absolute Gasteiger partial charge is 0.314 e. The molecule has 0 aromatic heterocycles. The molecule has 1 fully saturated rings. The van der Waals surface area contributed by atoms with Crippen LogP contribution in [0.2, 0.25) is 0 Å². The fourth-order valence-corrected chi connectivity index (χ4v) is 3.73. The van der Waals surface area contributed by atoms with Crippen LogP contribution in [0, 0.1) is 5.92 Å². The Kier molecular flexibility index (Phi) is 6.77. The molecule has 1 saturated heterocycles. The summed E-state index contributed by atoms with van der Waals surface area (Å²) in [6.45, 7) is 11.7. The van der Waals surface area contributed by atoms with Gasteiger partial charge in [-0.05, 0) is 39.3 Å². The van der Waals surface area contributed by atoms with Crippen LogP contribution in [0.15, 0.2) is 0 Å². The van der Waals surface area contributed by atoms with E-state index in [-0.39, 0.29) is 5.25 Å². The lowest BCUT2D eigenvalue weighted by Crippen LogP contribution is -2.50. The molecule has 4 nitrogen and oxygen atoms in total. The second-order valence-corrected chi connectivity index (χ2v) is 8.51. The third kappa shape index (κ3) is 5.04. The zero-order chi connectivity index (χ0) is 14.5. The first-order valence-corrected chi connectivity index (χ1v) is 9.29. The first-order valence-electron chi connectivity index (χ1n) is 7.58. The van der Waals surface area contributed by atoms with Gasteiger partial charge in [0.05, 0.1) is 11.0 Å². The molecule has 0 aliphatic carbocycles. The predicted octanol–water partition coefficient (Wildman–Crippen LogP) is 1.52. The van der Waals surface area contributed by atoms with Gasteiger partial charge in [0.15, 0.2) is 9.84 Å². The first-order chi connectivity index (χ1) is 8.90. The third-order valence-electron chi connectivity index (χ3n) is 4.22. The van der Waals surface area contributed by atoms with Gasteiger partial charge < -0.3 is 10.2 Å². The maximum Gasteiger partial charge on any atom is 0.153 e. The maximum absolute atomic E-state index is 11.9. The van der Waals surface area contributed by atoms with Crippen molar-refractivity contribution < 1.29 is 8.42 Å². The van der Waals surface area contributed by atoms with Crippen LogP contribution in [0.25, 0.3) is 0 Å². The monoisotopic (exact) mass is 290 g/mol. The van der Waals surface area contributed by atoms with E-state index in [1.54, 1.807) is 13.8 Å². The zero-order valence-corrected chi connectivity index (χ0v) is 13.7. The molecule has 114 valence electrons. The van der Waals surface area contributed by atoms with Crippen molar-refractivity contribution in [3.05, 3.63) is 0 Å². The second kappa shape index (κ2) is 7.60. The molecule has 1 N–H and O–H groups in total. The Morgan fingerprint density at radius 3 is 2.53 bits per heavy atom. The number of hydrogen-bond donors (Lipinski definition) is 1. The molecule has 0 aromatic rings. The molecule has 1 rings (SSSR count). The smallest absolute Gasteiger partial charge is 0.153 e. The molecule has 19 heavy (non-hydrogen) atoms. The molecule has 1 aliphatic rings. The van der Waals surface area contributed by atoms with Gasteiger partial charge >= 0.3 is 0 Å². The molecule has 0 spiro atoms. The van der Waals surface area contributed by atoms with Crippen molar-refractivity contribution >= 4 is 9.84 Å². The molecule has 2 unspecified atom stereocenters. The van der Waals surface area contributed by atoms with E-state index in [0.717, 1.165) is 32.5 Å². The zero-order valence-electron chi connectivity index (χ0n) is 12.9. The Bertz CT molecular complexity index is 354. The minimum Gasteiger partial charge on any atom is -0.314 e. The van der Waals surface area contributed by atoms with Crippen LogP contribution < -0.4 is 5.32 Å². The molecule has 0 saturated carbocycles. The van der Waals surface area contributed by atoms with Gasteiger partial charge in [-0.25, -0.2) is 8.42 Å². The number of nitrogens with one attached hydrogen (secondary N) is 1. The molecule has 0 amide bonds. The summed E-state index contributed by atoms with van der Waals surface area (Å²) >= 11 is 0. The van der Waals surface area contributed by atoms with E-state index in [4.69, 9.17) is 0 Å². The summed E-state index contributed by atoms with van der Waals surface area (Å²) in [7, 11) is -2.90. The maximum atomic E-state index is 11.9. The predicted molar refractivity (Wildman–Crippen MR) is 81.2 cm³/mol. The van der Waals surface area contributed by atoms with Gasteiger partial charge in [-0.2, -0.15) is 0 Å². The highest BCUT2D eigenvalue weighted by atomic mass is 32.2. The van der Waals surface area contributed by atoms with Crippen LogP contribution in [-0.4, -0.2) is 56.5 Å². The normalized spacial score (nSPS) is 25.9. The second-order valence-electron chi connectivity index (χ2n) is 5.84. The first kappa shape index (κ1) is 16.9. The molecule has 1 heterocycles. The van der Waals surface area contributed by atoms with Crippen molar-refractivity contribution in [2.75, 3.05) is 31.9 Å². The average molecular weight is 290 g/mol. The minimum absolute atomic E-state index is 0.256. The van der Waals surface area contributed by atoms with E-state index < -0.39 is 9.84 Å². The SMILES string of the molecule is CCNC1CCN(CCS(=O)(=O)C(C)C)CC1CC. The summed E-state index contributed by atoms with van der Waals surface area (Å²) in [6, 6.07) is 0.605. The lowest BCUT2D eigenvalue weighted by atomic mass is 9.90. The summed E-state index contributed by atoms with van der Waals surface area (Å²) in [5.41, 5.74) is 0. The van der Waals surface area contributed by atoms with Gasteiger partial charge in [-0.1, -0.05) is 20.3 Å². The summed E-state index contributed by atoms with van der Waals surface area (Å²) in [6.07, 6.45) is 2.29. The van der Waals surface area contributed by atoms with Crippen LogP contribution in [0.4, 0.5) is 0 Å². The van der Waals surface area contributed by atoms with Crippen LogP contribution in [0.5, 0.6) is 0 Å². The molecule has 0 aromatic carbocycles. The van der Waals surface area contributed by atoms with E-state index >= 15 is 0 Å².